The zero-order valence-corrected chi connectivity index (χ0v) is 24.7. The number of hydrogen-bond donors (Lipinski definition) is 2. The maximum absolute atomic E-state index is 12.8. The van der Waals surface area contributed by atoms with Crippen LogP contribution in [0.4, 0.5) is 10.5 Å². The predicted octanol–water partition coefficient (Wildman–Crippen LogP) is 7.19. The van der Waals surface area contributed by atoms with Crippen LogP contribution in [0.1, 0.15) is 77.6 Å². The molecule has 1 amide bonds. The summed E-state index contributed by atoms with van der Waals surface area (Å²) in [5.41, 5.74) is 2.42. The quantitative estimate of drug-likeness (QED) is 0.244. The predicted molar refractivity (Wildman–Crippen MR) is 165 cm³/mol. The van der Waals surface area contributed by atoms with Crippen molar-refractivity contribution in [1.29, 1.82) is 0 Å². The molecule has 2 aromatic carbocycles. The maximum Gasteiger partial charge on any atom is 0.412 e. The number of aliphatic hydroxyl groups excluding tert-OH is 1. The van der Waals surface area contributed by atoms with Gasteiger partial charge in [0.1, 0.15) is 5.60 Å². The number of likely N-dealkylation sites (tertiary alicyclic amines) is 2. The molecule has 2 aromatic rings. The Morgan fingerprint density at radius 2 is 1.43 bits per heavy atom. The summed E-state index contributed by atoms with van der Waals surface area (Å²) in [6.45, 7) is 9.23. The molecule has 2 aliphatic heterocycles. The van der Waals surface area contributed by atoms with Crippen LogP contribution in [-0.4, -0.2) is 72.5 Å². The van der Waals surface area contributed by atoms with Crippen molar-refractivity contribution in [2.45, 2.75) is 83.2 Å². The van der Waals surface area contributed by atoms with Gasteiger partial charge in [-0.25, -0.2) is 4.79 Å². The van der Waals surface area contributed by atoms with E-state index < -0.39 is 5.60 Å². The molecule has 6 nitrogen and oxygen atoms in total. The fourth-order valence-electron chi connectivity index (χ4n) is 6.23. The molecule has 6 heteroatoms. The Morgan fingerprint density at radius 1 is 0.850 bits per heavy atom. The van der Waals surface area contributed by atoms with Gasteiger partial charge in [0.2, 0.25) is 0 Å². The summed E-state index contributed by atoms with van der Waals surface area (Å²) >= 11 is 0. The normalized spacial score (nSPS) is 18.4. The second-order valence-electron chi connectivity index (χ2n) is 12.1. The number of anilines is 1. The lowest BCUT2D eigenvalue weighted by Crippen LogP contribution is -2.46. The SMILES string of the molecule is CC1(OC(=O)Nc2ccccc2-c2ccccc2)CCN(CCCCCCCCN2CCC(CCO)CC2)CC1. The number of amides is 1. The van der Waals surface area contributed by atoms with Crippen LogP contribution in [0, 0.1) is 5.92 Å². The van der Waals surface area contributed by atoms with Gasteiger partial charge in [-0.3, -0.25) is 5.32 Å². The van der Waals surface area contributed by atoms with Crippen molar-refractivity contribution in [3.05, 3.63) is 54.6 Å². The van der Waals surface area contributed by atoms with Gasteiger partial charge in [0, 0.05) is 25.3 Å². The Kier molecular flexibility index (Phi) is 12.3. The molecule has 2 saturated heterocycles. The lowest BCUT2D eigenvalue weighted by molar-refractivity contribution is -0.0163. The number of piperidine rings is 2. The first-order valence-electron chi connectivity index (χ1n) is 15.7. The zero-order valence-electron chi connectivity index (χ0n) is 24.7. The molecule has 220 valence electrons. The summed E-state index contributed by atoms with van der Waals surface area (Å²) in [5, 5.41) is 12.1. The molecular formula is C34H51N3O3. The molecule has 4 rings (SSSR count). The Balaban J connectivity index is 1.05. The van der Waals surface area contributed by atoms with Crippen molar-refractivity contribution in [2.24, 2.45) is 5.92 Å². The second-order valence-corrected chi connectivity index (χ2v) is 12.1. The monoisotopic (exact) mass is 549 g/mol. The Hall–Kier alpha value is -2.41. The van der Waals surface area contributed by atoms with Crippen LogP contribution in [0.2, 0.25) is 0 Å². The Bertz CT molecular complexity index is 999. The van der Waals surface area contributed by atoms with Gasteiger partial charge < -0.3 is 19.6 Å². The summed E-state index contributed by atoms with van der Waals surface area (Å²) in [6.07, 6.45) is 12.8. The first-order chi connectivity index (χ1) is 19.5. The molecule has 0 spiro atoms. The largest absolute Gasteiger partial charge is 0.443 e. The molecule has 0 unspecified atom stereocenters. The highest BCUT2D eigenvalue weighted by Gasteiger charge is 2.33. The molecule has 0 bridgehead atoms. The number of aliphatic hydroxyl groups is 1. The number of carbonyl (C=O) groups is 1. The van der Waals surface area contributed by atoms with Crippen molar-refractivity contribution in [3.63, 3.8) is 0 Å². The van der Waals surface area contributed by atoms with Gasteiger partial charge in [0.15, 0.2) is 0 Å². The number of nitrogens with zero attached hydrogens (tertiary/aromatic N) is 2. The average Bonchev–Trinajstić information content (AvgIpc) is 2.97. The molecule has 2 aliphatic rings. The number of nitrogens with one attached hydrogen (secondary N) is 1. The van der Waals surface area contributed by atoms with E-state index in [9.17, 15) is 4.79 Å². The number of benzene rings is 2. The van der Waals surface area contributed by atoms with E-state index in [-0.39, 0.29) is 6.09 Å². The van der Waals surface area contributed by atoms with Crippen molar-refractivity contribution >= 4 is 11.8 Å². The van der Waals surface area contributed by atoms with E-state index in [0.717, 1.165) is 61.6 Å². The van der Waals surface area contributed by atoms with Gasteiger partial charge in [0.05, 0.1) is 5.69 Å². The fourth-order valence-corrected chi connectivity index (χ4v) is 6.23. The summed E-state index contributed by atoms with van der Waals surface area (Å²) < 4.78 is 5.97. The van der Waals surface area contributed by atoms with Crippen molar-refractivity contribution < 1.29 is 14.6 Å². The van der Waals surface area contributed by atoms with E-state index in [4.69, 9.17) is 9.84 Å². The third-order valence-electron chi connectivity index (χ3n) is 8.94. The van der Waals surface area contributed by atoms with Crippen LogP contribution in [0.5, 0.6) is 0 Å². The lowest BCUT2D eigenvalue weighted by Gasteiger charge is -2.38. The molecule has 2 fully saturated rings. The lowest BCUT2D eigenvalue weighted by atomic mass is 9.93. The van der Waals surface area contributed by atoms with Crippen LogP contribution >= 0.6 is 0 Å². The van der Waals surface area contributed by atoms with Gasteiger partial charge in [-0.1, -0.05) is 74.2 Å². The standard InChI is InChI=1S/C34H51N3O3/c1-34(40-33(39)35-32-16-10-9-15-31(32)30-13-7-6-8-14-30)20-26-37(27-21-34)23-12-5-3-2-4-11-22-36-24-17-29(18-25-36)19-28-38/h6-10,13-16,29,38H,2-5,11-12,17-28H2,1H3,(H,35,39). The zero-order chi connectivity index (χ0) is 28.0. The summed E-state index contributed by atoms with van der Waals surface area (Å²) in [6, 6.07) is 18.0. The molecule has 2 N–H and O–H groups in total. The van der Waals surface area contributed by atoms with Crippen LogP contribution in [0.25, 0.3) is 11.1 Å². The van der Waals surface area contributed by atoms with Crippen molar-refractivity contribution in [1.82, 2.24) is 9.80 Å². The summed E-state index contributed by atoms with van der Waals surface area (Å²) in [7, 11) is 0. The van der Waals surface area contributed by atoms with Crippen LogP contribution in [-0.2, 0) is 4.74 Å². The van der Waals surface area contributed by atoms with Gasteiger partial charge >= 0.3 is 6.09 Å². The summed E-state index contributed by atoms with van der Waals surface area (Å²) in [4.78, 5) is 18.0. The van der Waals surface area contributed by atoms with E-state index in [1.165, 1.54) is 71.0 Å². The first-order valence-corrected chi connectivity index (χ1v) is 15.7. The average molecular weight is 550 g/mol. The van der Waals surface area contributed by atoms with Crippen molar-refractivity contribution in [2.75, 3.05) is 51.2 Å². The number of ether oxygens (including phenoxy) is 1. The van der Waals surface area contributed by atoms with Gasteiger partial charge in [-0.2, -0.15) is 0 Å². The topological polar surface area (TPSA) is 65.0 Å². The molecule has 0 aromatic heterocycles. The van der Waals surface area contributed by atoms with Crippen LogP contribution in [0.15, 0.2) is 54.6 Å². The molecule has 40 heavy (non-hydrogen) atoms. The highest BCUT2D eigenvalue weighted by atomic mass is 16.6. The Morgan fingerprint density at radius 3 is 2.08 bits per heavy atom. The smallest absolute Gasteiger partial charge is 0.412 e. The van der Waals surface area contributed by atoms with Crippen molar-refractivity contribution in [3.8, 4) is 11.1 Å². The third kappa shape index (κ3) is 9.90. The highest BCUT2D eigenvalue weighted by Crippen LogP contribution is 2.30. The highest BCUT2D eigenvalue weighted by molar-refractivity contribution is 5.91. The molecule has 0 aliphatic carbocycles. The number of unbranched alkanes of at least 4 members (excludes halogenated alkanes) is 5. The van der Waals surface area contributed by atoms with E-state index in [1.807, 2.05) is 42.5 Å². The minimum atomic E-state index is -0.420. The van der Waals surface area contributed by atoms with E-state index >= 15 is 0 Å². The van der Waals surface area contributed by atoms with Gasteiger partial charge in [0.25, 0.3) is 0 Å². The molecule has 0 atom stereocenters. The fraction of sp³-hybridized carbons (Fsp3) is 0.618. The maximum atomic E-state index is 12.8. The second kappa shape index (κ2) is 16.1. The summed E-state index contributed by atoms with van der Waals surface area (Å²) in [5.74, 6) is 0.746. The molecule has 2 heterocycles. The van der Waals surface area contributed by atoms with Gasteiger partial charge in [-0.05, 0) is 95.6 Å². The van der Waals surface area contributed by atoms with Gasteiger partial charge in [-0.15, -0.1) is 0 Å². The van der Waals surface area contributed by atoms with Crippen LogP contribution < -0.4 is 5.32 Å². The minimum Gasteiger partial charge on any atom is -0.443 e. The first kappa shape index (κ1) is 30.5. The Labute approximate surface area is 242 Å². The van der Waals surface area contributed by atoms with Crippen LogP contribution in [0.3, 0.4) is 0 Å². The molecule has 0 saturated carbocycles. The number of rotatable bonds is 14. The number of carbonyl (C=O) groups excluding carboxylic acids is 1. The van der Waals surface area contributed by atoms with E-state index in [1.54, 1.807) is 0 Å². The molecule has 0 radical (unpaired) electrons. The molecular weight excluding hydrogens is 498 g/mol. The van der Waals surface area contributed by atoms with E-state index in [2.05, 4.69) is 34.2 Å². The number of para-hydroxylation sites is 1. The third-order valence-corrected chi connectivity index (χ3v) is 8.94. The van der Waals surface area contributed by atoms with E-state index in [0.29, 0.717) is 6.61 Å². The number of hydrogen-bond acceptors (Lipinski definition) is 5. The minimum absolute atomic E-state index is 0.348.